The predicted molar refractivity (Wildman–Crippen MR) is 95.4 cm³/mol. The first kappa shape index (κ1) is 15.6. The third-order valence-electron chi connectivity index (χ3n) is 3.82. The van der Waals surface area contributed by atoms with Crippen LogP contribution in [0.1, 0.15) is 23.3 Å². The maximum absolute atomic E-state index is 12.5. The molecule has 4 heteroatoms. The summed E-state index contributed by atoms with van der Waals surface area (Å²) in [6.45, 7) is 0.871. The molecule has 1 aliphatic carbocycles. The molecular formula is C18H21NOS2. The van der Waals surface area contributed by atoms with Crippen LogP contribution in [0.4, 0.5) is 0 Å². The van der Waals surface area contributed by atoms with Gasteiger partial charge < -0.3 is 4.90 Å². The maximum atomic E-state index is 12.5. The van der Waals surface area contributed by atoms with Gasteiger partial charge in [-0.3, -0.25) is 4.79 Å². The van der Waals surface area contributed by atoms with E-state index in [-0.39, 0.29) is 0 Å². The molecule has 2 nitrogen and oxygen atoms in total. The van der Waals surface area contributed by atoms with E-state index in [1.165, 1.54) is 23.3 Å². The van der Waals surface area contributed by atoms with Crippen LogP contribution in [0.25, 0.3) is 0 Å². The van der Waals surface area contributed by atoms with Gasteiger partial charge in [0.05, 0.1) is 5.75 Å². The van der Waals surface area contributed by atoms with Crippen molar-refractivity contribution in [1.29, 1.82) is 0 Å². The van der Waals surface area contributed by atoms with Crippen LogP contribution in [0.15, 0.2) is 47.8 Å². The van der Waals surface area contributed by atoms with Crippen molar-refractivity contribution in [3.63, 3.8) is 0 Å². The van der Waals surface area contributed by atoms with Gasteiger partial charge in [-0.1, -0.05) is 36.4 Å². The van der Waals surface area contributed by atoms with Crippen LogP contribution < -0.4 is 0 Å². The molecule has 0 radical (unpaired) electrons. The van der Waals surface area contributed by atoms with Gasteiger partial charge in [0.1, 0.15) is 0 Å². The van der Waals surface area contributed by atoms with Crippen LogP contribution in [-0.4, -0.2) is 29.1 Å². The molecule has 0 saturated heterocycles. The minimum atomic E-state index is 0.306. The molecule has 1 aromatic carbocycles. The second kappa shape index (κ2) is 7.84. The molecule has 3 rings (SSSR count). The Labute approximate surface area is 140 Å². The van der Waals surface area contributed by atoms with Crippen molar-refractivity contribution in [2.45, 2.75) is 31.1 Å². The first-order valence-corrected chi connectivity index (χ1v) is 9.80. The Bertz CT molecular complexity index is 578. The van der Waals surface area contributed by atoms with Gasteiger partial charge in [0.15, 0.2) is 0 Å². The van der Waals surface area contributed by atoms with E-state index in [4.69, 9.17) is 0 Å². The minimum Gasteiger partial charge on any atom is -0.339 e. The molecule has 0 atom stereocenters. The summed E-state index contributed by atoms with van der Waals surface area (Å²) in [5.41, 5.74) is 1.29. The smallest absolute Gasteiger partial charge is 0.232 e. The van der Waals surface area contributed by atoms with Gasteiger partial charge in [0.2, 0.25) is 5.91 Å². The summed E-state index contributed by atoms with van der Waals surface area (Å²) in [6, 6.07) is 15.1. The lowest BCUT2D eigenvalue weighted by molar-refractivity contribution is -0.128. The summed E-state index contributed by atoms with van der Waals surface area (Å²) in [5.74, 6) is 1.81. The summed E-state index contributed by atoms with van der Waals surface area (Å²) in [4.78, 5) is 16.0. The van der Waals surface area contributed by atoms with Gasteiger partial charge >= 0.3 is 0 Å². The van der Waals surface area contributed by atoms with E-state index in [1.807, 2.05) is 6.07 Å². The number of carbonyl (C=O) groups is 1. The number of carbonyl (C=O) groups excluding carboxylic acids is 1. The van der Waals surface area contributed by atoms with E-state index < -0.39 is 0 Å². The highest BCUT2D eigenvalue weighted by Crippen LogP contribution is 2.28. The van der Waals surface area contributed by atoms with Crippen molar-refractivity contribution in [1.82, 2.24) is 4.90 Å². The summed E-state index contributed by atoms with van der Waals surface area (Å²) in [6.07, 6.45) is 3.35. The number of hydrogen-bond acceptors (Lipinski definition) is 3. The second-order valence-corrected chi connectivity index (χ2v) is 7.64. The Kier molecular flexibility index (Phi) is 5.57. The highest BCUT2D eigenvalue weighted by molar-refractivity contribution is 7.99. The largest absolute Gasteiger partial charge is 0.339 e. The highest BCUT2D eigenvalue weighted by Gasteiger charge is 2.31. The van der Waals surface area contributed by atoms with E-state index in [1.54, 1.807) is 23.1 Å². The molecule has 1 amide bonds. The Morgan fingerprint density at radius 3 is 2.68 bits per heavy atom. The number of nitrogens with zero attached hydrogens (tertiary/aromatic N) is 1. The fourth-order valence-electron chi connectivity index (χ4n) is 2.50. The molecule has 1 aromatic heterocycles. The summed E-state index contributed by atoms with van der Waals surface area (Å²) in [7, 11) is 0. The number of thioether (sulfide) groups is 1. The number of thiophene rings is 1. The van der Waals surface area contributed by atoms with Gasteiger partial charge in [-0.25, -0.2) is 0 Å². The lowest BCUT2D eigenvalue weighted by Gasteiger charge is -2.22. The van der Waals surface area contributed by atoms with Crippen molar-refractivity contribution in [3.8, 4) is 0 Å². The quantitative estimate of drug-likeness (QED) is 0.722. The fraction of sp³-hybridized carbons (Fsp3) is 0.389. The maximum Gasteiger partial charge on any atom is 0.232 e. The Morgan fingerprint density at radius 1 is 1.18 bits per heavy atom. The molecule has 1 heterocycles. The van der Waals surface area contributed by atoms with Crippen LogP contribution in [0.5, 0.6) is 0 Å². The van der Waals surface area contributed by atoms with Crippen molar-refractivity contribution in [3.05, 3.63) is 58.3 Å². The van der Waals surface area contributed by atoms with Crippen LogP contribution in [-0.2, 0) is 17.0 Å². The summed E-state index contributed by atoms with van der Waals surface area (Å²) >= 11 is 3.50. The number of hydrogen-bond donors (Lipinski definition) is 0. The normalized spacial score (nSPS) is 14.0. The zero-order chi connectivity index (χ0) is 15.2. The molecule has 116 valence electrons. The average molecular weight is 332 g/mol. The summed E-state index contributed by atoms with van der Waals surface area (Å²) < 4.78 is 0. The third-order valence-corrected chi connectivity index (χ3v) is 5.75. The lowest BCUT2D eigenvalue weighted by Crippen LogP contribution is -2.36. The monoisotopic (exact) mass is 331 g/mol. The third kappa shape index (κ3) is 4.62. The molecular weight excluding hydrogens is 310 g/mol. The van der Waals surface area contributed by atoms with Gasteiger partial charge in [0.25, 0.3) is 0 Å². The van der Waals surface area contributed by atoms with E-state index in [0.717, 1.165) is 18.7 Å². The van der Waals surface area contributed by atoms with Crippen molar-refractivity contribution >= 4 is 29.0 Å². The van der Waals surface area contributed by atoms with E-state index in [9.17, 15) is 4.79 Å². The summed E-state index contributed by atoms with van der Waals surface area (Å²) in [5, 5.41) is 2.11. The molecule has 0 bridgehead atoms. The van der Waals surface area contributed by atoms with Crippen molar-refractivity contribution in [2.24, 2.45) is 0 Å². The Hall–Kier alpha value is -1.26. The van der Waals surface area contributed by atoms with Crippen LogP contribution in [0, 0.1) is 0 Å². The SMILES string of the molecule is O=C(CSCc1ccccc1)N(CCc1cccs1)C1CC1. The van der Waals surface area contributed by atoms with E-state index in [2.05, 4.69) is 46.7 Å². The standard InChI is InChI=1S/C18H21NOS2/c20-18(14-21-13-15-5-2-1-3-6-15)19(16-8-9-16)11-10-17-7-4-12-22-17/h1-7,12,16H,8-11,13-14H2. The fourth-order valence-corrected chi connectivity index (χ4v) is 4.06. The molecule has 2 aromatic rings. The number of amides is 1. The number of rotatable bonds is 8. The Morgan fingerprint density at radius 2 is 2.00 bits per heavy atom. The number of benzene rings is 1. The average Bonchev–Trinajstić information content (AvgIpc) is 3.24. The van der Waals surface area contributed by atoms with Crippen LogP contribution in [0.2, 0.25) is 0 Å². The minimum absolute atomic E-state index is 0.306. The predicted octanol–water partition coefficient (Wildman–Crippen LogP) is 4.22. The Balaban J connectivity index is 1.45. The second-order valence-electron chi connectivity index (χ2n) is 5.63. The molecule has 0 spiro atoms. The van der Waals surface area contributed by atoms with Crippen molar-refractivity contribution < 1.29 is 4.79 Å². The van der Waals surface area contributed by atoms with Gasteiger partial charge in [-0.05, 0) is 36.3 Å². The van der Waals surface area contributed by atoms with E-state index >= 15 is 0 Å². The zero-order valence-corrected chi connectivity index (χ0v) is 14.2. The zero-order valence-electron chi connectivity index (χ0n) is 12.6. The van der Waals surface area contributed by atoms with E-state index in [0.29, 0.717) is 17.7 Å². The molecule has 1 saturated carbocycles. The molecule has 0 aliphatic heterocycles. The van der Waals surface area contributed by atoms with Gasteiger partial charge in [-0.15, -0.1) is 23.1 Å². The lowest BCUT2D eigenvalue weighted by atomic mass is 10.2. The molecule has 22 heavy (non-hydrogen) atoms. The molecule has 0 N–H and O–H groups in total. The van der Waals surface area contributed by atoms with Crippen LogP contribution in [0.3, 0.4) is 0 Å². The highest BCUT2D eigenvalue weighted by atomic mass is 32.2. The van der Waals surface area contributed by atoms with Gasteiger partial charge in [0, 0.05) is 23.2 Å². The molecule has 0 unspecified atom stereocenters. The first-order valence-electron chi connectivity index (χ1n) is 7.76. The molecule has 1 aliphatic rings. The van der Waals surface area contributed by atoms with Gasteiger partial charge in [-0.2, -0.15) is 0 Å². The first-order chi connectivity index (χ1) is 10.8. The topological polar surface area (TPSA) is 20.3 Å². The van der Waals surface area contributed by atoms with Crippen molar-refractivity contribution in [2.75, 3.05) is 12.3 Å². The van der Waals surface area contributed by atoms with Crippen LogP contribution >= 0.6 is 23.1 Å². The molecule has 1 fully saturated rings.